The number of para-hydroxylation sites is 2. The molecule has 0 atom stereocenters. The van der Waals surface area contributed by atoms with Crippen LogP contribution < -0.4 is 19.5 Å². The summed E-state index contributed by atoms with van der Waals surface area (Å²) < 4.78 is 36.5. The topological polar surface area (TPSA) is 93.7 Å². The molecule has 0 unspecified atom stereocenters. The van der Waals surface area contributed by atoms with Crippen molar-refractivity contribution in [1.82, 2.24) is 0 Å². The third kappa shape index (κ3) is 5.99. The van der Waals surface area contributed by atoms with Gasteiger partial charge >= 0.3 is 0 Å². The van der Waals surface area contributed by atoms with Crippen LogP contribution in [0.3, 0.4) is 0 Å². The van der Waals surface area contributed by atoms with Gasteiger partial charge in [-0.3, -0.25) is 9.52 Å². The summed E-state index contributed by atoms with van der Waals surface area (Å²) in [5.41, 5.74) is 1.10. The number of nitrogens with one attached hydrogen (secondary N) is 2. The van der Waals surface area contributed by atoms with Crippen molar-refractivity contribution in [2.45, 2.75) is 6.92 Å². The maximum atomic E-state index is 12.7. The zero-order chi connectivity index (χ0) is 21.6. The highest BCUT2D eigenvalue weighted by Gasteiger charge is 2.12. The standard InChI is InChI=1S/C22H22N2O5S/c1-3-28-18-11-13-19(14-12-18)29-21-10-5-4-9-20(21)23-22(25)16-7-6-8-17(15-16)24-30(2,26)27/h4-15,24H,3H2,1-2H3,(H,23,25). The van der Waals surface area contributed by atoms with E-state index in [1.54, 1.807) is 66.7 Å². The Kier molecular flexibility index (Phi) is 6.58. The molecule has 156 valence electrons. The van der Waals surface area contributed by atoms with E-state index in [9.17, 15) is 13.2 Å². The predicted octanol–water partition coefficient (Wildman–Crippen LogP) is 4.50. The number of anilines is 2. The molecule has 3 aromatic carbocycles. The molecular weight excluding hydrogens is 404 g/mol. The number of carbonyl (C=O) groups excluding carboxylic acids is 1. The summed E-state index contributed by atoms with van der Waals surface area (Å²) in [5, 5.41) is 2.80. The Labute approximate surface area is 175 Å². The van der Waals surface area contributed by atoms with Crippen LogP contribution in [-0.4, -0.2) is 27.2 Å². The van der Waals surface area contributed by atoms with Crippen LogP contribution in [0.1, 0.15) is 17.3 Å². The maximum Gasteiger partial charge on any atom is 0.255 e. The molecule has 0 saturated heterocycles. The van der Waals surface area contributed by atoms with Gasteiger partial charge in [0, 0.05) is 11.3 Å². The average molecular weight is 426 g/mol. The Morgan fingerprint density at radius 2 is 1.63 bits per heavy atom. The summed E-state index contributed by atoms with van der Waals surface area (Å²) in [6.07, 6.45) is 1.05. The van der Waals surface area contributed by atoms with E-state index >= 15 is 0 Å². The number of ether oxygens (including phenoxy) is 2. The molecule has 30 heavy (non-hydrogen) atoms. The van der Waals surface area contributed by atoms with E-state index in [4.69, 9.17) is 9.47 Å². The summed E-state index contributed by atoms with van der Waals surface area (Å²) in [6.45, 7) is 2.49. The second kappa shape index (κ2) is 9.32. The van der Waals surface area contributed by atoms with Crippen LogP contribution >= 0.6 is 0 Å². The summed E-state index contributed by atoms with van der Waals surface area (Å²) >= 11 is 0. The van der Waals surface area contributed by atoms with Crippen LogP contribution in [0.2, 0.25) is 0 Å². The molecule has 2 N–H and O–H groups in total. The average Bonchev–Trinajstić information content (AvgIpc) is 2.70. The van der Waals surface area contributed by atoms with Gasteiger partial charge in [0.05, 0.1) is 18.6 Å². The van der Waals surface area contributed by atoms with Gasteiger partial charge in [0.2, 0.25) is 10.0 Å². The maximum absolute atomic E-state index is 12.7. The zero-order valence-electron chi connectivity index (χ0n) is 16.6. The van der Waals surface area contributed by atoms with Crippen LogP contribution in [0.15, 0.2) is 72.8 Å². The summed E-state index contributed by atoms with van der Waals surface area (Å²) in [6, 6.07) is 20.5. The van der Waals surface area contributed by atoms with E-state index in [0.29, 0.717) is 35.0 Å². The minimum atomic E-state index is -3.44. The number of carbonyl (C=O) groups is 1. The largest absolute Gasteiger partial charge is 0.494 e. The third-order valence-corrected chi connectivity index (χ3v) is 4.53. The lowest BCUT2D eigenvalue weighted by molar-refractivity contribution is 0.102. The van der Waals surface area contributed by atoms with E-state index in [2.05, 4.69) is 10.0 Å². The molecular formula is C22H22N2O5S. The van der Waals surface area contributed by atoms with Crippen LogP contribution in [0.25, 0.3) is 0 Å². The smallest absolute Gasteiger partial charge is 0.255 e. The number of benzene rings is 3. The number of amides is 1. The summed E-state index contributed by atoms with van der Waals surface area (Å²) in [7, 11) is -3.44. The first-order valence-corrected chi connectivity index (χ1v) is 11.1. The number of hydrogen-bond acceptors (Lipinski definition) is 5. The molecule has 0 radical (unpaired) electrons. The van der Waals surface area contributed by atoms with E-state index in [0.717, 1.165) is 12.0 Å². The fourth-order valence-electron chi connectivity index (χ4n) is 2.69. The fourth-order valence-corrected chi connectivity index (χ4v) is 3.24. The molecule has 8 heteroatoms. The first-order valence-electron chi connectivity index (χ1n) is 9.23. The van der Waals surface area contributed by atoms with Crippen molar-refractivity contribution in [3.8, 4) is 17.2 Å². The number of sulfonamides is 1. The van der Waals surface area contributed by atoms with Crippen molar-refractivity contribution in [3.63, 3.8) is 0 Å². The lowest BCUT2D eigenvalue weighted by Gasteiger charge is -2.13. The molecule has 0 fully saturated rings. The van der Waals surface area contributed by atoms with Gasteiger partial charge in [0.15, 0.2) is 5.75 Å². The number of hydrogen-bond donors (Lipinski definition) is 2. The highest BCUT2D eigenvalue weighted by atomic mass is 32.2. The van der Waals surface area contributed by atoms with Crippen molar-refractivity contribution >= 4 is 27.3 Å². The lowest BCUT2D eigenvalue weighted by atomic mass is 10.2. The van der Waals surface area contributed by atoms with Gasteiger partial charge in [0.25, 0.3) is 5.91 Å². The molecule has 0 aromatic heterocycles. The van der Waals surface area contributed by atoms with Crippen molar-refractivity contribution in [3.05, 3.63) is 78.4 Å². The fraction of sp³-hybridized carbons (Fsp3) is 0.136. The molecule has 7 nitrogen and oxygen atoms in total. The van der Waals surface area contributed by atoms with Gasteiger partial charge < -0.3 is 14.8 Å². The van der Waals surface area contributed by atoms with Gasteiger partial charge in [-0.1, -0.05) is 18.2 Å². The molecule has 1 amide bonds. The first kappa shape index (κ1) is 21.2. The summed E-state index contributed by atoms with van der Waals surface area (Å²) in [5.74, 6) is 1.42. The summed E-state index contributed by atoms with van der Waals surface area (Å²) in [4.78, 5) is 12.7. The van der Waals surface area contributed by atoms with Crippen LogP contribution in [0.4, 0.5) is 11.4 Å². The van der Waals surface area contributed by atoms with Gasteiger partial charge in [-0.15, -0.1) is 0 Å². The van der Waals surface area contributed by atoms with E-state index in [-0.39, 0.29) is 0 Å². The molecule has 0 aliphatic rings. The molecule has 0 bridgehead atoms. The molecule has 0 heterocycles. The first-order chi connectivity index (χ1) is 14.3. The Morgan fingerprint density at radius 1 is 0.933 bits per heavy atom. The molecule has 0 aliphatic carbocycles. The van der Waals surface area contributed by atoms with E-state index in [1.165, 1.54) is 6.07 Å². The normalized spacial score (nSPS) is 10.9. The lowest BCUT2D eigenvalue weighted by Crippen LogP contribution is -2.14. The molecule has 0 aliphatic heterocycles. The number of rotatable bonds is 8. The Morgan fingerprint density at radius 3 is 2.33 bits per heavy atom. The minimum absolute atomic E-state index is 0.305. The van der Waals surface area contributed by atoms with Gasteiger partial charge in [-0.2, -0.15) is 0 Å². The van der Waals surface area contributed by atoms with Crippen molar-refractivity contribution in [2.75, 3.05) is 22.9 Å². The predicted molar refractivity (Wildman–Crippen MR) is 117 cm³/mol. The van der Waals surface area contributed by atoms with E-state index < -0.39 is 15.9 Å². The Bertz CT molecular complexity index is 1130. The van der Waals surface area contributed by atoms with Crippen molar-refractivity contribution < 1.29 is 22.7 Å². The van der Waals surface area contributed by atoms with Crippen LogP contribution in [0.5, 0.6) is 17.2 Å². The minimum Gasteiger partial charge on any atom is -0.494 e. The second-order valence-corrected chi connectivity index (χ2v) is 8.16. The second-order valence-electron chi connectivity index (χ2n) is 6.41. The van der Waals surface area contributed by atoms with Crippen molar-refractivity contribution in [2.24, 2.45) is 0 Å². The molecule has 3 aromatic rings. The quantitative estimate of drug-likeness (QED) is 0.553. The van der Waals surface area contributed by atoms with Gasteiger partial charge in [-0.25, -0.2) is 8.42 Å². The van der Waals surface area contributed by atoms with E-state index in [1.807, 2.05) is 6.92 Å². The van der Waals surface area contributed by atoms with Crippen LogP contribution in [0, 0.1) is 0 Å². The third-order valence-electron chi connectivity index (χ3n) is 3.93. The Hall–Kier alpha value is -3.52. The van der Waals surface area contributed by atoms with Crippen molar-refractivity contribution in [1.29, 1.82) is 0 Å². The zero-order valence-corrected chi connectivity index (χ0v) is 17.4. The highest BCUT2D eigenvalue weighted by Crippen LogP contribution is 2.30. The Balaban J connectivity index is 1.76. The highest BCUT2D eigenvalue weighted by molar-refractivity contribution is 7.92. The monoisotopic (exact) mass is 426 g/mol. The molecule has 0 saturated carbocycles. The van der Waals surface area contributed by atoms with Gasteiger partial charge in [0.1, 0.15) is 11.5 Å². The SMILES string of the molecule is CCOc1ccc(Oc2ccccc2NC(=O)c2cccc(NS(C)(=O)=O)c2)cc1. The van der Waals surface area contributed by atoms with Crippen LogP contribution in [-0.2, 0) is 10.0 Å². The molecule has 0 spiro atoms. The van der Waals surface area contributed by atoms with Gasteiger partial charge in [-0.05, 0) is 61.5 Å². The molecule has 3 rings (SSSR count).